The Morgan fingerprint density at radius 2 is 1.09 bits per heavy atom. The van der Waals surface area contributed by atoms with Crippen molar-refractivity contribution >= 4 is 71.6 Å². The van der Waals surface area contributed by atoms with Crippen LogP contribution in [0.4, 0.5) is 17.2 Å². The van der Waals surface area contributed by atoms with E-state index in [4.69, 9.17) is 9.47 Å². The predicted molar refractivity (Wildman–Crippen MR) is 188 cm³/mol. The second-order valence-corrected chi connectivity index (χ2v) is 12.0. The molecular weight excluding hydrogens is 791 g/mol. The summed E-state index contributed by atoms with van der Waals surface area (Å²) < 4.78 is 12.7. The first-order valence-corrected chi connectivity index (χ1v) is 16.5. The SMILES string of the molecule is COc1ccc(I)nc1Br.COc1ccc(N2CCN(c3ccncc3)CC2)nc1Br.c1cc(N2CCNCC2)ccn1. The van der Waals surface area contributed by atoms with Crippen LogP contribution in [0.3, 0.4) is 0 Å². The molecular formula is C30H35Br2IN8O2. The monoisotopic (exact) mass is 824 g/mol. The third kappa shape index (κ3) is 10.2. The Hall–Kier alpha value is -2.75. The van der Waals surface area contributed by atoms with Crippen molar-refractivity contribution in [3.05, 3.63) is 86.2 Å². The number of pyridine rings is 4. The normalized spacial score (nSPS) is 14.6. The Balaban J connectivity index is 0.000000163. The largest absolute Gasteiger partial charge is 0.494 e. The van der Waals surface area contributed by atoms with Gasteiger partial charge in [-0.1, -0.05) is 0 Å². The van der Waals surface area contributed by atoms with Gasteiger partial charge in [-0.3, -0.25) is 9.97 Å². The fourth-order valence-corrected chi connectivity index (χ4v) is 6.23. The number of nitrogens with zero attached hydrogens (tertiary/aromatic N) is 7. The minimum atomic E-state index is 0.749. The fraction of sp³-hybridized carbons (Fsp3) is 0.333. The molecule has 4 aromatic heterocycles. The minimum Gasteiger partial charge on any atom is -0.494 e. The van der Waals surface area contributed by atoms with Gasteiger partial charge in [0.15, 0.2) is 11.5 Å². The van der Waals surface area contributed by atoms with Crippen LogP contribution in [0, 0.1) is 3.70 Å². The van der Waals surface area contributed by atoms with Crippen molar-refractivity contribution in [1.29, 1.82) is 0 Å². The molecule has 4 aromatic rings. The van der Waals surface area contributed by atoms with Gasteiger partial charge in [0.25, 0.3) is 0 Å². The molecule has 6 heterocycles. The highest BCUT2D eigenvalue weighted by molar-refractivity contribution is 14.1. The van der Waals surface area contributed by atoms with Gasteiger partial charge in [-0.2, -0.15) is 0 Å². The van der Waals surface area contributed by atoms with Gasteiger partial charge in [-0.25, -0.2) is 9.97 Å². The Morgan fingerprint density at radius 1 is 0.628 bits per heavy atom. The number of halogens is 3. The molecule has 0 aromatic carbocycles. The molecule has 10 nitrogen and oxygen atoms in total. The Morgan fingerprint density at radius 3 is 1.58 bits per heavy atom. The Labute approximate surface area is 283 Å². The predicted octanol–water partition coefficient (Wildman–Crippen LogP) is 5.52. The zero-order chi connectivity index (χ0) is 30.4. The minimum absolute atomic E-state index is 0.749. The molecule has 43 heavy (non-hydrogen) atoms. The molecule has 0 atom stereocenters. The first-order valence-electron chi connectivity index (χ1n) is 13.8. The number of piperazine rings is 2. The molecule has 2 aliphatic heterocycles. The average Bonchev–Trinajstić information content (AvgIpc) is 3.07. The van der Waals surface area contributed by atoms with Crippen LogP contribution in [0.1, 0.15) is 0 Å². The van der Waals surface area contributed by atoms with Crippen LogP contribution in [0.5, 0.6) is 11.5 Å². The maximum absolute atomic E-state index is 5.22. The summed E-state index contributed by atoms with van der Waals surface area (Å²) >= 11 is 8.85. The first-order chi connectivity index (χ1) is 21.0. The number of rotatable bonds is 5. The van der Waals surface area contributed by atoms with Crippen LogP contribution in [0.25, 0.3) is 0 Å². The maximum atomic E-state index is 5.22. The second-order valence-electron chi connectivity index (χ2n) is 9.41. The number of methoxy groups -OCH3 is 2. The van der Waals surface area contributed by atoms with Crippen molar-refractivity contribution in [2.75, 3.05) is 81.3 Å². The van der Waals surface area contributed by atoms with E-state index < -0.39 is 0 Å². The van der Waals surface area contributed by atoms with E-state index in [1.807, 2.05) is 49.1 Å². The van der Waals surface area contributed by atoms with Crippen LogP contribution in [-0.2, 0) is 0 Å². The third-order valence-electron chi connectivity index (χ3n) is 6.80. The average molecular weight is 826 g/mol. The summed E-state index contributed by atoms with van der Waals surface area (Å²) in [5, 5.41) is 3.33. The van der Waals surface area contributed by atoms with Crippen molar-refractivity contribution in [3.63, 3.8) is 0 Å². The molecule has 6 rings (SSSR count). The molecule has 0 radical (unpaired) electrons. The highest BCUT2D eigenvalue weighted by Crippen LogP contribution is 2.27. The van der Waals surface area contributed by atoms with Crippen LogP contribution in [-0.4, -0.2) is 86.5 Å². The third-order valence-corrected chi connectivity index (χ3v) is 8.53. The lowest BCUT2D eigenvalue weighted by Crippen LogP contribution is -2.46. The molecule has 0 unspecified atom stereocenters. The van der Waals surface area contributed by atoms with Crippen LogP contribution in [0.15, 0.2) is 82.5 Å². The van der Waals surface area contributed by atoms with E-state index in [0.29, 0.717) is 0 Å². The summed E-state index contributed by atoms with van der Waals surface area (Å²) in [6.07, 6.45) is 7.36. The van der Waals surface area contributed by atoms with E-state index in [2.05, 4.69) is 119 Å². The molecule has 0 aliphatic carbocycles. The molecule has 0 amide bonds. The molecule has 0 saturated carbocycles. The van der Waals surface area contributed by atoms with Gasteiger partial charge in [0, 0.05) is 88.5 Å². The number of anilines is 3. The van der Waals surface area contributed by atoms with Crippen molar-refractivity contribution in [1.82, 2.24) is 25.3 Å². The van der Waals surface area contributed by atoms with Crippen molar-refractivity contribution in [2.24, 2.45) is 0 Å². The Bertz CT molecular complexity index is 1390. The van der Waals surface area contributed by atoms with Gasteiger partial charge in [-0.15, -0.1) is 0 Å². The second kappa shape index (κ2) is 17.5. The summed E-state index contributed by atoms with van der Waals surface area (Å²) in [7, 11) is 3.27. The number of ether oxygens (including phenoxy) is 2. The Kier molecular flexibility index (Phi) is 13.5. The van der Waals surface area contributed by atoms with Crippen LogP contribution in [0.2, 0.25) is 0 Å². The molecule has 228 valence electrons. The molecule has 0 spiro atoms. The maximum Gasteiger partial charge on any atom is 0.151 e. The van der Waals surface area contributed by atoms with Crippen molar-refractivity contribution < 1.29 is 9.47 Å². The number of nitrogens with one attached hydrogen (secondary N) is 1. The highest BCUT2D eigenvalue weighted by atomic mass is 127. The van der Waals surface area contributed by atoms with E-state index in [1.165, 1.54) is 11.4 Å². The number of hydrogen-bond donors (Lipinski definition) is 1. The van der Waals surface area contributed by atoms with E-state index in [1.54, 1.807) is 14.2 Å². The lowest BCUT2D eigenvalue weighted by Gasteiger charge is -2.36. The summed E-state index contributed by atoms with van der Waals surface area (Å²) in [5.41, 5.74) is 2.51. The van der Waals surface area contributed by atoms with Crippen LogP contribution >= 0.6 is 54.5 Å². The highest BCUT2D eigenvalue weighted by Gasteiger charge is 2.19. The quantitative estimate of drug-likeness (QED) is 0.205. The molecule has 0 bridgehead atoms. The van der Waals surface area contributed by atoms with E-state index in [-0.39, 0.29) is 0 Å². The van der Waals surface area contributed by atoms with E-state index in [0.717, 1.165) is 82.6 Å². The standard InChI is InChI=1S/C15H17BrN4O.C9H13N3.C6H5BrINO/c1-21-13-2-3-14(18-15(13)16)20-10-8-19(9-11-20)12-4-6-17-7-5-12;1-3-10-4-2-9(1)12-7-5-11-6-8-12;1-10-4-2-3-5(8)9-6(4)7/h2-7H,8-11H2,1H3;1-4,11H,5-8H2;2-3H,1H3. The zero-order valence-corrected chi connectivity index (χ0v) is 29.5. The van der Waals surface area contributed by atoms with Crippen molar-refractivity contribution in [3.8, 4) is 11.5 Å². The zero-order valence-electron chi connectivity index (χ0n) is 24.2. The lowest BCUT2D eigenvalue weighted by molar-refractivity contribution is 0.409. The van der Waals surface area contributed by atoms with E-state index in [9.17, 15) is 0 Å². The van der Waals surface area contributed by atoms with Gasteiger partial charge >= 0.3 is 0 Å². The first kappa shape index (κ1) is 33.1. The lowest BCUT2D eigenvalue weighted by atomic mass is 10.2. The summed E-state index contributed by atoms with van der Waals surface area (Å²) in [6, 6.07) is 15.9. The topological polar surface area (TPSA) is 91.8 Å². The van der Waals surface area contributed by atoms with Gasteiger partial charge in [-0.05, 0) is 103 Å². The fourth-order valence-electron chi connectivity index (χ4n) is 4.52. The van der Waals surface area contributed by atoms with E-state index >= 15 is 0 Å². The van der Waals surface area contributed by atoms with Crippen LogP contribution < -0.4 is 29.5 Å². The summed E-state index contributed by atoms with van der Waals surface area (Å²) in [6.45, 7) is 8.24. The summed E-state index contributed by atoms with van der Waals surface area (Å²) in [5.74, 6) is 2.51. The van der Waals surface area contributed by atoms with Crippen molar-refractivity contribution in [2.45, 2.75) is 0 Å². The van der Waals surface area contributed by atoms with Gasteiger partial charge in [0.2, 0.25) is 0 Å². The molecule has 13 heteroatoms. The van der Waals surface area contributed by atoms with Gasteiger partial charge < -0.3 is 29.5 Å². The van der Waals surface area contributed by atoms with Gasteiger partial charge in [0.05, 0.1) is 14.2 Å². The molecule has 2 fully saturated rings. The number of hydrogen-bond acceptors (Lipinski definition) is 10. The molecule has 2 aliphatic rings. The number of aromatic nitrogens is 4. The summed E-state index contributed by atoms with van der Waals surface area (Å²) in [4.78, 5) is 23.8. The molecule has 1 N–H and O–H groups in total. The molecule has 2 saturated heterocycles. The van der Waals surface area contributed by atoms with Gasteiger partial charge in [0.1, 0.15) is 18.7 Å². The smallest absolute Gasteiger partial charge is 0.151 e.